The van der Waals surface area contributed by atoms with Crippen molar-refractivity contribution in [1.82, 2.24) is 0 Å². The molecule has 210 valence electrons. The number of hydrogen-bond donors (Lipinski definition) is 6. The number of halogens is 2. The lowest BCUT2D eigenvalue weighted by Gasteiger charge is -2.07. The van der Waals surface area contributed by atoms with Crippen LogP contribution in [0.2, 0.25) is 10.0 Å². The summed E-state index contributed by atoms with van der Waals surface area (Å²) in [5.74, 6) is 0.134. The minimum Gasteiger partial charge on any atom is -0.470 e. The summed E-state index contributed by atoms with van der Waals surface area (Å²) in [5.41, 5.74) is 3.48. The quantitative estimate of drug-likeness (QED) is 0.146. The maximum atomic E-state index is 12.0. The second kappa shape index (κ2) is 13.2. The monoisotopic (exact) mass is 598 g/mol. The average Bonchev–Trinajstić information content (AvgIpc) is 3.71. The minimum absolute atomic E-state index is 0.0258. The number of hydrogen-bond acceptors (Lipinski definition) is 9. The van der Waals surface area contributed by atoms with E-state index in [0.717, 1.165) is 22.5 Å². The van der Waals surface area contributed by atoms with E-state index in [1.54, 1.807) is 30.3 Å². The van der Waals surface area contributed by atoms with Crippen LogP contribution in [0, 0.1) is 0 Å². The van der Waals surface area contributed by atoms with Crippen molar-refractivity contribution in [3.63, 3.8) is 0 Å². The van der Waals surface area contributed by atoms with Crippen LogP contribution in [0.1, 0.15) is 33.4 Å². The average molecular weight is 599 g/mol. The lowest BCUT2D eigenvalue weighted by Crippen LogP contribution is -2.28. The van der Waals surface area contributed by atoms with Gasteiger partial charge in [-0.3, -0.25) is 14.4 Å². The third-order valence-electron chi connectivity index (χ3n) is 6.02. The van der Waals surface area contributed by atoms with Crippen molar-refractivity contribution < 1.29 is 43.3 Å². The van der Waals surface area contributed by atoms with Crippen LogP contribution in [-0.2, 0) is 22.4 Å². The summed E-state index contributed by atoms with van der Waals surface area (Å²) in [7, 11) is -3.29. The number of aldehydes is 1. The minimum atomic E-state index is -1.65. The van der Waals surface area contributed by atoms with E-state index in [9.17, 15) is 14.4 Å². The zero-order valence-electron chi connectivity index (χ0n) is 21.1. The molecule has 2 aliphatic heterocycles. The Labute approximate surface area is 244 Å². The summed E-state index contributed by atoms with van der Waals surface area (Å²) >= 11 is 11.7. The molecule has 0 saturated carbocycles. The van der Waals surface area contributed by atoms with Gasteiger partial charge in [0.1, 0.15) is 17.1 Å². The van der Waals surface area contributed by atoms with Crippen LogP contribution in [0.15, 0.2) is 69.5 Å². The van der Waals surface area contributed by atoms with E-state index >= 15 is 0 Å². The summed E-state index contributed by atoms with van der Waals surface area (Å²) in [4.78, 5) is 32.8. The number of fused-ring (bicyclic) bond motifs is 2. The second-order valence-corrected chi connectivity index (χ2v) is 9.79. The number of nitrogens with one attached hydrogen (secondary N) is 2. The van der Waals surface area contributed by atoms with Gasteiger partial charge in [-0.2, -0.15) is 0 Å². The van der Waals surface area contributed by atoms with Gasteiger partial charge in [-0.05, 0) is 71.8 Å². The number of benzene rings is 2. The number of rotatable bonds is 5. The number of anilines is 2. The highest BCUT2D eigenvalue weighted by Gasteiger charge is 2.32. The van der Waals surface area contributed by atoms with Crippen LogP contribution in [0.4, 0.5) is 11.4 Å². The van der Waals surface area contributed by atoms with Crippen LogP contribution < -0.4 is 22.0 Å². The molecule has 11 nitrogen and oxygen atoms in total. The molecule has 2 aliphatic rings. The predicted octanol–water partition coefficient (Wildman–Crippen LogP) is 1.50. The lowest BCUT2D eigenvalue weighted by atomic mass is 9.88. The van der Waals surface area contributed by atoms with E-state index in [1.807, 2.05) is 12.1 Å². The highest BCUT2D eigenvalue weighted by Crippen LogP contribution is 2.36. The molecule has 6 rings (SSSR count). The Morgan fingerprint density at radius 3 is 2.07 bits per heavy atom. The van der Waals surface area contributed by atoms with E-state index in [4.69, 9.17) is 47.7 Å². The highest BCUT2D eigenvalue weighted by atomic mass is 35.5. The molecule has 41 heavy (non-hydrogen) atoms. The van der Waals surface area contributed by atoms with Crippen LogP contribution in [0.3, 0.4) is 0 Å². The molecule has 1 unspecified atom stereocenters. The Bertz CT molecular complexity index is 1570. The van der Waals surface area contributed by atoms with Gasteiger partial charge in [0.25, 0.3) is 0 Å². The molecule has 2 amide bonds. The van der Waals surface area contributed by atoms with Crippen molar-refractivity contribution in [1.29, 1.82) is 0 Å². The van der Waals surface area contributed by atoms with Crippen LogP contribution >= 0.6 is 23.2 Å². The van der Waals surface area contributed by atoms with Gasteiger partial charge >= 0.3 is 14.2 Å². The van der Waals surface area contributed by atoms with E-state index in [2.05, 4.69) is 15.1 Å². The summed E-state index contributed by atoms with van der Waals surface area (Å²) in [6.07, 6.45) is 1.29. The molecule has 0 aliphatic carbocycles. The Morgan fingerprint density at radius 1 is 0.829 bits per heavy atom. The van der Waals surface area contributed by atoms with Crippen molar-refractivity contribution in [3.8, 4) is 0 Å². The van der Waals surface area contributed by atoms with Gasteiger partial charge < -0.3 is 39.6 Å². The zero-order valence-corrected chi connectivity index (χ0v) is 22.6. The molecular weight excluding hydrogens is 577 g/mol. The van der Waals surface area contributed by atoms with Gasteiger partial charge in [0, 0.05) is 27.8 Å². The van der Waals surface area contributed by atoms with Gasteiger partial charge in [0.15, 0.2) is 12.0 Å². The Morgan fingerprint density at radius 2 is 1.46 bits per heavy atom. The summed E-state index contributed by atoms with van der Waals surface area (Å²) in [6, 6.07) is 16.4. The van der Waals surface area contributed by atoms with E-state index in [-0.39, 0.29) is 28.9 Å². The third kappa shape index (κ3) is 7.67. The summed E-state index contributed by atoms with van der Waals surface area (Å²) in [5, 5.41) is 41.7. The molecule has 0 spiro atoms. The molecule has 4 aromatic rings. The highest BCUT2D eigenvalue weighted by molar-refractivity contribution is 6.57. The maximum absolute atomic E-state index is 12.0. The fourth-order valence-electron chi connectivity index (χ4n) is 4.11. The number of furan rings is 2. The molecule has 15 heteroatoms. The number of carbonyl (C=O) groups excluding carboxylic acids is 3. The molecule has 2 aromatic carbocycles. The molecule has 6 N–H and O–H groups in total. The number of amides is 2. The van der Waals surface area contributed by atoms with E-state index < -0.39 is 20.2 Å². The Kier molecular flexibility index (Phi) is 9.71. The normalized spacial score (nSPS) is 14.4. The lowest BCUT2D eigenvalue weighted by molar-refractivity contribution is -0.117. The van der Waals surface area contributed by atoms with Crippen molar-refractivity contribution in [3.05, 3.63) is 93.4 Å². The summed E-state index contributed by atoms with van der Waals surface area (Å²) in [6.45, 7) is 0. The van der Waals surface area contributed by atoms with Gasteiger partial charge in [-0.25, -0.2) is 0 Å². The molecule has 1 atom stereocenters. The fraction of sp³-hybridized carbons (Fsp3) is 0.115. The molecule has 4 heterocycles. The molecule has 0 radical (unpaired) electrons. The SMILES string of the molecule is O=C1Cc2cc(Cl)ccc2N1.O=C1Nc2ccc(Cl)cc2C1Cc1ccc(B(O)O)o1.O=Cc1ccc(B(O)O)o1. The van der Waals surface area contributed by atoms with Crippen LogP contribution in [-0.4, -0.2) is 52.4 Å². The van der Waals surface area contributed by atoms with E-state index in [1.165, 1.54) is 18.2 Å². The molecule has 2 aromatic heterocycles. The molecule has 0 bridgehead atoms. The topological polar surface area (TPSA) is 182 Å². The first-order valence-electron chi connectivity index (χ1n) is 12.1. The van der Waals surface area contributed by atoms with Crippen molar-refractivity contribution in [2.45, 2.75) is 18.8 Å². The van der Waals surface area contributed by atoms with Crippen molar-refractivity contribution >= 4 is 78.2 Å². The van der Waals surface area contributed by atoms with Gasteiger partial charge in [0.2, 0.25) is 11.8 Å². The largest absolute Gasteiger partial charge is 0.526 e. The van der Waals surface area contributed by atoms with Gasteiger partial charge in [-0.15, -0.1) is 0 Å². The predicted molar refractivity (Wildman–Crippen MR) is 153 cm³/mol. The molecular formula is C26H22B2Cl2N2O9. The standard InChI is InChI=1S/C13H11BClNO4.C8H6ClNO.C5H5BO4/c15-7-1-3-11-9(5-7)10(13(17)16-11)6-8-2-4-12(20-8)14(18)19;9-6-1-2-7-5(3-6)4-8(11)10-7;7-3-4-1-2-5(10-4)6(8)9/h1-5,10,18-19H,6H2,(H,16,17);1-3H,4H2,(H,10,11);1-3,8-9H. The third-order valence-corrected chi connectivity index (χ3v) is 6.49. The first-order chi connectivity index (χ1) is 19.5. The smallest absolute Gasteiger partial charge is 0.470 e. The second-order valence-electron chi connectivity index (χ2n) is 8.91. The first-order valence-corrected chi connectivity index (χ1v) is 12.8. The van der Waals surface area contributed by atoms with Gasteiger partial charge in [0.05, 0.1) is 12.3 Å². The van der Waals surface area contributed by atoms with Crippen molar-refractivity contribution in [2.24, 2.45) is 0 Å². The Balaban J connectivity index is 0.000000156. The summed E-state index contributed by atoms with van der Waals surface area (Å²) < 4.78 is 9.91. The maximum Gasteiger partial charge on any atom is 0.526 e. The van der Waals surface area contributed by atoms with Gasteiger partial charge in [-0.1, -0.05) is 23.2 Å². The fourth-order valence-corrected chi connectivity index (χ4v) is 4.49. The zero-order chi connectivity index (χ0) is 29.7. The molecule has 0 fully saturated rings. The van der Waals surface area contributed by atoms with Crippen LogP contribution in [0.25, 0.3) is 0 Å². The molecule has 0 saturated heterocycles. The Hall–Kier alpha value is -3.84. The number of carbonyl (C=O) groups is 3. The first kappa shape index (κ1) is 30.1. The van der Waals surface area contributed by atoms with Crippen molar-refractivity contribution in [2.75, 3.05) is 10.6 Å². The van der Waals surface area contributed by atoms with Crippen LogP contribution in [0.5, 0.6) is 0 Å². The van der Waals surface area contributed by atoms with E-state index in [0.29, 0.717) is 34.9 Å².